The lowest BCUT2D eigenvalue weighted by atomic mass is 9.79. The topological polar surface area (TPSA) is 82.6 Å². The van der Waals surface area contributed by atoms with E-state index in [1.807, 2.05) is 109 Å². The number of nitrogens with one attached hydrogen (secondary N) is 1. The summed E-state index contributed by atoms with van der Waals surface area (Å²) < 4.78 is 23.1. The number of alkyl halides is 1. The van der Waals surface area contributed by atoms with Crippen LogP contribution in [-0.4, -0.2) is 32.3 Å². The Morgan fingerprint density at radius 2 is 0.982 bits per heavy atom. The van der Waals surface area contributed by atoms with Crippen LogP contribution in [0.15, 0.2) is 204 Å². The van der Waals surface area contributed by atoms with Gasteiger partial charge in [-0.25, -0.2) is 4.79 Å². The fourth-order valence-electron chi connectivity index (χ4n) is 7.93. The number of aromatic amines is 1. The number of halogens is 1. The average molecular weight is 865 g/mol. The molecule has 4 atom stereocenters. The Kier molecular flexibility index (Phi) is 11.3. The van der Waals surface area contributed by atoms with Crippen molar-refractivity contribution in [1.29, 1.82) is 0 Å². The number of ether oxygens (including phenoxy) is 3. The molecule has 8 rings (SSSR count). The first-order valence-electron chi connectivity index (χ1n) is 18.9. The minimum Gasteiger partial charge on any atom is -0.358 e. The highest BCUT2D eigenvalue weighted by molar-refractivity contribution is 14.1. The van der Waals surface area contributed by atoms with E-state index in [4.69, 9.17) is 14.2 Å². The Hall–Kier alpha value is -5.65. The molecule has 1 saturated heterocycles. The minimum atomic E-state index is -1.11. The van der Waals surface area contributed by atoms with E-state index in [1.165, 1.54) is 16.8 Å². The molecule has 1 aliphatic heterocycles. The molecule has 57 heavy (non-hydrogen) atoms. The quantitative estimate of drug-likeness (QED) is 0.0711. The van der Waals surface area contributed by atoms with Gasteiger partial charge < -0.3 is 14.2 Å². The van der Waals surface area contributed by atoms with E-state index in [2.05, 4.69) is 107 Å². The number of benzene rings is 6. The van der Waals surface area contributed by atoms with E-state index >= 15 is 0 Å². The van der Waals surface area contributed by atoms with E-state index in [0.717, 1.165) is 33.4 Å². The van der Waals surface area contributed by atoms with Crippen LogP contribution in [-0.2, 0) is 25.4 Å². The van der Waals surface area contributed by atoms with Gasteiger partial charge in [0.1, 0.15) is 23.4 Å². The fourth-order valence-corrected chi connectivity index (χ4v) is 9.06. The Morgan fingerprint density at radius 3 is 1.35 bits per heavy atom. The molecule has 7 nitrogen and oxygen atoms in total. The van der Waals surface area contributed by atoms with Crippen molar-refractivity contribution >= 4 is 28.7 Å². The second kappa shape index (κ2) is 16.8. The van der Waals surface area contributed by atoms with Gasteiger partial charge in [-0.2, -0.15) is 0 Å². The second-order valence-electron chi connectivity index (χ2n) is 13.9. The zero-order valence-corrected chi connectivity index (χ0v) is 33.2. The van der Waals surface area contributed by atoms with Crippen LogP contribution in [0.25, 0.3) is 6.08 Å². The SMILES string of the molecule is C=Cc1cn([C@@H]2O[C@H](COC(c3ccccc3)(c3ccccc3)c3ccccc3)[C@@H](OC(c3ccccc3)(c3ccccc3)c3ccccc3)[C@H]2I)c(=O)[nH]c1=O. The molecule has 6 aromatic carbocycles. The highest BCUT2D eigenvalue weighted by atomic mass is 127. The molecular formula is C49H41IN2O5. The van der Waals surface area contributed by atoms with Crippen LogP contribution in [0.3, 0.4) is 0 Å². The maximum absolute atomic E-state index is 13.6. The molecule has 284 valence electrons. The molecule has 0 aliphatic carbocycles. The van der Waals surface area contributed by atoms with Crippen molar-refractivity contribution in [2.75, 3.05) is 6.61 Å². The molecule has 0 unspecified atom stereocenters. The van der Waals surface area contributed by atoms with Crippen molar-refractivity contribution < 1.29 is 14.2 Å². The molecule has 0 radical (unpaired) electrons. The monoisotopic (exact) mass is 864 g/mol. The van der Waals surface area contributed by atoms with Gasteiger partial charge in [-0.1, -0.05) is 217 Å². The number of hydrogen-bond donors (Lipinski definition) is 1. The Morgan fingerprint density at radius 1 is 0.614 bits per heavy atom. The van der Waals surface area contributed by atoms with Crippen molar-refractivity contribution in [3.8, 4) is 0 Å². The summed E-state index contributed by atoms with van der Waals surface area (Å²) in [5, 5.41) is 0. The summed E-state index contributed by atoms with van der Waals surface area (Å²) in [6, 6.07) is 61.1. The van der Waals surface area contributed by atoms with E-state index < -0.39 is 44.8 Å². The minimum absolute atomic E-state index is 0.0697. The summed E-state index contributed by atoms with van der Waals surface area (Å²) in [7, 11) is 0. The van der Waals surface area contributed by atoms with Crippen LogP contribution in [0.4, 0.5) is 0 Å². The highest BCUT2D eigenvalue weighted by Crippen LogP contribution is 2.48. The maximum Gasteiger partial charge on any atom is 0.330 e. The van der Waals surface area contributed by atoms with E-state index in [0.29, 0.717) is 0 Å². The van der Waals surface area contributed by atoms with Gasteiger partial charge in [0.05, 0.1) is 16.1 Å². The van der Waals surface area contributed by atoms with Gasteiger partial charge in [-0.15, -0.1) is 0 Å². The predicted molar refractivity (Wildman–Crippen MR) is 232 cm³/mol. The summed E-state index contributed by atoms with van der Waals surface area (Å²) in [6.45, 7) is 3.88. The van der Waals surface area contributed by atoms with Gasteiger partial charge in [0.25, 0.3) is 5.56 Å². The fraction of sp³-hybridized carbons (Fsp3) is 0.143. The van der Waals surface area contributed by atoms with Gasteiger partial charge in [0.15, 0.2) is 6.23 Å². The molecule has 1 N–H and O–H groups in total. The molecule has 0 bridgehead atoms. The molecular weight excluding hydrogens is 823 g/mol. The zero-order valence-electron chi connectivity index (χ0n) is 31.1. The van der Waals surface area contributed by atoms with Gasteiger partial charge in [-0.05, 0) is 33.4 Å². The molecule has 0 saturated carbocycles. The Bertz CT molecular complexity index is 2320. The van der Waals surface area contributed by atoms with Crippen LogP contribution in [0.2, 0.25) is 0 Å². The van der Waals surface area contributed by atoms with Crippen molar-refractivity contribution in [3.05, 3.63) is 255 Å². The zero-order chi connectivity index (χ0) is 39.2. The Labute approximate surface area is 345 Å². The largest absolute Gasteiger partial charge is 0.358 e. The third kappa shape index (κ3) is 7.26. The standard InChI is InChI=1S/C49H41IN2O5/c1-2-35-33-52(47(54)51-45(35)53)46-43(50)44(57-49(39-27-15-6-16-28-39,40-29-17-7-18-30-40)41-31-19-8-20-32-41)42(56-46)34-55-48(36-21-9-3-10-22-36,37-23-11-4-12-24-37)38-25-13-5-14-26-38/h2-33,42-44,46H,1,34H2,(H,51,53,54)/t42-,43-,44-,46-/m1/s1. The first kappa shape index (κ1) is 38.2. The van der Waals surface area contributed by atoms with Gasteiger partial charge in [0.2, 0.25) is 0 Å². The van der Waals surface area contributed by atoms with Crippen LogP contribution in [0.5, 0.6) is 0 Å². The molecule has 1 fully saturated rings. The molecule has 0 spiro atoms. The Balaban J connectivity index is 1.31. The van der Waals surface area contributed by atoms with Crippen molar-refractivity contribution in [2.45, 2.75) is 33.6 Å². The van der Waals surface area contributed by atoms with Crippen LogP contribution in [0.1, 0.15) is 45.2 Å². The highest BCUT2D eigenvalue weighted by Gasteiger charge is 2.52. The molecule has 0 amide bonds. The van der Waals surface area contributed by atoms with E-state index in [1.54, 1.807) is 0 Å². The van der Waals surface area contributed by atoms with E-state index in [-0.39, 0.29) is 12.2 Å². The molecule has 1 aliphatic rings. The lowest BCUT2D eigenvalue weighted by molar-refractivity contribution is -0.126. The summed E-state index contributed by atoms with van der Waals surface area (Å²) in [6.07, 6.45) is 0.717. The first-order chi connectivity index (χ1) is 28.0. The van der Waals surface area contributed by atoms with Crippen LogP contribution in [0, 0.1) is 0 Å². The lowest BCUT2D eigenvalue weighted by Gasteiger charge is -2.41. The van der Waals surface area contributed by atoms with Crippen molar-refractivity contribution in [1.82, 2.24) is 9.55 Å². The molecule has 7 aromatic rings. The van der Waals surface area contributed by atoms with Crippen LogP contribution >= 0.6 is 22.6 Å². The third-order valence-electron chi connectivity index (χ3n) is 10.6. The molecule has 8 heteroatoms. The number of rotatable bonds is 13. The average Bonchev–Trinajstić information content (AvgIpc) is 3.58. The molecule has 2 heterocycles. The summed E-state index contributed by atoms with van der Waals surface area (Å²) >= 11 is 2.33. The first-order valence-corrected chi connectivity index (χ1v) is 20.1. The van der Waals surface area contributed by atoms with Crippen LogP contribution < -0.4 is 11.2 Å². The van der Waals surface area contributed by atoms with Crippen molar-refractivity contribution in [3.63, 3.8) is 0 Å². The van der Waals surface area contributed by atoms with E-state index in [9.17, 15) is 9.59 Å². The predicted octanol–water partition coefficient (Wildman–Crippen LogP) is 9.27. The summed E-state index contributed by atoms with van der Waals surface area (Å²) in [5.74, 6) is 0. The number of aromatic nitrogens is 2. The maximum atomic E-state index is 13.6. The lowest BCUT2D eigenvalue weighted by Crippen LogP contribution is -2.45. The smallest absolute Gasteiger partial charge is 0.330 e. The van der Waals surface area contributed by atoms with Crippen molar-refractivity contribution in [2.24, 2.45) is 0 Å². The normalized spacial score (nSPS) is 18.3. The van der Waals surface area contributed by atoms with Gasteiger partial charge >= 0.3 is 5.69 Å². The van der Waals surface area contributed by atoms with Gasteiger partial charge in [0, 0.05) is 6.20 Å². The van der Waals surface area contributed by atoms with Gasteiger partial charge in [-0.3, -0.25) is 14.3 Å². The number of nitrogens with zero attached hydrogens (tertiary/aromatic N) is 1. The summed E-state index contributed by atoms with van der Waals surface area (Å²) in [5.41, 5.74) is 2.61. The number of H-pyrrole nitrogens is 1. The second-order valence-corrected chi connectivity index (χ2v) is 15.4. The third-order valence-corrected chi connectivity index (χ3v) is 11.9. The number of hydrogen-bond acceptors (Lipinski definition) is 5. The molecule has 1 aromatic heterocycles. The summed E-state index contributed by atoms with van der Waals surface area (Å²) in [4.78, 5) is 28.7.